The minimum Gasteiger partial charge on any atom is -0.326 e. The average Bonchev–Trinajstić information content (AvgIpc) is 2.67. The van der Waals surface area contributed by atoms with E-state index in [2.05, 4.69) is 4.72 Å². The fraction of sp³-hybridized carbons (Fsp3) is 0.455. The Morgan fingerprint density at radius 3 is 2.60 bits per heavy atom. The smallest absolute Gasteiger partial charge is 0.240 e. The predicted molar refractivity (Wildman–Crippen MR) is 76.7 cm³/mol. The first kappa shape index (κ1) is 15.7. The van der Waals surface area contributed by atoms with E-state index < -0.39 is 25.9 Å². The number of hydrogen-bond donors (Lipinski definition) is 2. The lowest BCUT2D eigenvalue weighted by Gasteiger charge is -2.12. The molecular formula is C11H15ClN2O4S2. The van der Waals surface area contributed by atoms with Gasteiger partial charge in [-0.05, 0) is 24.1 Å². The van der Waals surface area contributed by atoms with E-state index in [9.17, 15) is 16.8 Å². The number of hydrogen-bond acceptors (Lipinski definition) is 5. The summed E-state index contributed by atoms with van der Waals surface area (Å²) in [5.74, 6) is -0.159. The van der Waals surface area contributed by atoms with E-state index in [0.717, 1.165) is 0 Å². The first-order valence-corrected chi connectivity index (χ1v) is 9.63. The van der Waals surface area contributed by atoms with Crippen molar-refractivity contribution in [2.24, 2.45) is 5.73 Å². The quantitative estimate of drug-likeness (QED) is 0.819. The van der Waals surface area contributed by atoms with Crippen LogP contribution in [0.25, 0.3) is 0 Å². The largest absolute Gasteiger partial charge is 0.326 e. The number of rotatable bonds is 4. The van der Waals surface area contributed by atoms with E-state index in [4.69, 9.17) is 17.3 Å². The Balaban J connectivity index is 2.21. The first-order chi connectivity index (χ1) is 9.23. The molecule has 2 rings (SSSR count). The van der Waals surface area contributed by atoms with Crippen LogP contribution in [0.2, 0.25) is 5.02 Å². The fourth-order valence-electron chi connectivity index (χ4n) is 2.04. The molecule has 0 radical (unpaired) electrons. The molecule has 20 heavy (non-hydrogen) atoms. The molecule has 0 aromatic heterocycles. The molecule has 1 atom stereocenters. The van der Waals surface area contributed by atoms with Crippen molar-refractivity contribution in [2.45, 2.75) is 23.9 Å². The molecule has 1 aliphatic heterocycles. The summed E-state index contributed by atoms with van der Waals surface area (Å²) in [4.78, 5) is 0.00370. The van der Waals surface area contributed by atoms with Gasteiger partial charge in [0.05, 0.1) is 16.4 Å². The number of sulfonamides is 1. The zero-order valence-corrected chi connectivity index (χ0v) is 12.9. The van der Waals surface area contributed by atoms with Crippen molar-refractivity contribution in [3.05, 3.63) is 28.8 Å². The van der Waals surface area contributed by atoms with Gasteiger partial charge in [0, 0.05) is 17.6 Å². The molecule has 1 heterocycles. The standard InChI is InChI=1S/C11H15ClN2O4S2/c12-11-5-10(2-1-8(11)6-13)20(17,18)14-9-3-4-19(15,16)7-9/h1-2,5,9,14H,3-4,6-7,13H2. The molecule has 0 aliphatic carbocycles. The second-order valence-electron chi connectivity index (χ2n) is 4.68. The summed E-state index contributed by atoms with van der Waals surface area (Å²) < 4.78 is 49.4. The highest BCUT2D eigenvalue weighted by Gasteiger charge is 2.31. The van der Waals surface area contributed by atoms with Crippen molar-refractivity contribution in [3.63, 3.8) is 0 Å². The van der Waals surface area contributed by atoms with E-state index in [1.165, 1.54) is 12.1 Å². The molecule has 0 saturated carbocycles. The average molecular weight is 339 g/mol. The van der Waals surface area contributed by atoms with E-state index >= 15 is 0 Å². The van der Waals surface area contributed by atoms with E-state index in [1.807, 2.05) is 0 Å². The van der Waals surface area contributed by atoms with Crippen LogP contribution in [-0.2, 0) is 26.4 Å². The van der Waals surface area contributed by atoms with Gasteiger partial charge >= 0.3 is 0 Å². The lowest BCUT2D eigenvalue weighted by atomic mass is 10.2. The Bertz CT molecular complexity index is 716. The van der Waals surface area contributed by atoms with E-state index in [0.29, 0.717) is 5.56 Å². The summed E-state index contributed by atoms with van der Waals surface area (Å²) >= 11 is 5.93. The molecule has 1 saturated heterocycles. The molecule has 1 unspecified atom stereocenters. The van der Waals surface area contributed by atoms with Gasteiger partial charge in [0.2, 0.25) is 10.0 Å². The number of sulfone groups is 1. The molecule has 1 aliphatic rings. The summed E-state index contributed by atoms with van der Waals surface area (Å²) in [6.07, 6.45) is 0.288. The summed E-state index contributed by atoms with van der Waals surface area (Å²) in [7, 11) is -6.92. The normalized spacial score (nSPS) is 22.0. The van der Waals surface area contributed by atoms with Crippen molar-refractivity contribution in [1.82, 2.24) is 4.72 Å². The van der Waals surface area contributed by atoms with Crippen LogP contribution in [0.15, 0.2) is 23.1 Å². The van der Waals surface area contributed by atoms with Crippen LogP contribution in [-0.4, -0.2) is 34.4 Å². The minimum atomic E-state index is -3.78. The second kappa shape index (κ2) is 5.61. The molecule has 0 bridgehead atoms. The molecule has 1 fully saturated rings. The number of nitrogens with two attached hydrogens (primary N) is 1. The van der Waals surface area contributed by atoms with Gasteiger partial charge in [0.15, 0.2) is 9.84 Å². The number of halogens is 1. The summed E-state index contributed by atoms with van der Waals surface area (Å²) in [5.41, 5.74) is 6.10. The van der Waals surface area contributed by atoms with Gasteiger partial charge in [0.1, 0.15) is 0 Å². The third-order valence-corrected chi connectivity index (χ3v) is 6.75. The summed E-state index contributed by atoms with van der Waals surface area (Å²) in [5, 5.41) is 0.273. The van der Waals surface area contributed by atoms with Crippen LogP contribution in [0.3, 0.4) is 0 Å². The van der Waals surface area contributed by atoms with Crippen LogP contribution >= 0.6 is 11.6 Å². The number of nitrogens with one attached hydrogen (secondary N) is 1. The Labute approximate surface area is 123 Å². The van der Waals surface area contributed by atoms with Gasteiger partial charge in [-0.15, -0.1) is 0 Å². The highest BCUT2D eigenvalue weighted by Crippen LogP contribution is 2.21. The highest BCUT2D eigenvalue weighted by atomic mass is 35.5. The molecule has 9 heteroatoms. The van der Waals surface area contributed by atoms with Gasteiger partial charge < -0.3 is 5.73 Å². The van der Waals surface area contributed by atoms with Crippen molar-refractivity contribution in [3.8, 4) is 0 Å². The molecule has 6 nitrogen and oxygen atoms in total. The Hall–Kier alpha value is -0.670. The van der Waals surface area contributed by atoms with Crippen molar-refractivity contribution in [2.75, 3.05) is 11.5 Å². The lowest BCUT2D eigenvalue weighted by Crippen LogP contribution is -2.35. The predicted octanol–water partition coefficient (Wildman–Crippen LogP) is 0.264. The van der Waals surface area contributed by atoms with Gasteiger partial charge in [-0.2, -0.15) is 0 Å². The molecule has 1 aromatic rings. The molecule has 112 valence electrons. The highest BCUT2D eigenvalue weighted by molar-refractivity contribution is 7.92. The van der Waals surface area contributed by atoms with Crippen LogP contribution in [0, 0.1) is 0 Å². The monoisotopic (exact) mass is 338 g/mol. The van der Waals surface area contributed by atoms with Crippen LogP contribution in [0.5, 0.6) is 0 Å². The fourth-order valence-corrected chi connectivity index (χ4v) is 5.43. The number of benzene rings is 1. The third kappa shape index (κ3) is 3.50. The lowest BCUT2D eigenvalue weighted by molar-refractivity contribution is 0.562. The molecule has 0 spiro atoms. The van der Waals surface area contributed by atoms with Crippen molar-refractivity contribution in [1.29, 1.82) is 0 Å². The van der Waals surface area contributed by atoms with Gasteiger partial charge in [-0.3, -0.25) is 0 Å². The maximum absolute atomic E-state index is 12.2. The molecule has 0 amide bonds. The van der Waals surface area contributed by atoms with E-state index in [-0.39, 0.29) is 34.4 Å². The van der Waals surface area contributed by atoms with E-state index in [1.54, 1.807) is 6.07 Å². The van der Waals surface area contributed by atoms with Crippen molar-refractivity contribution >= 4 is 31.5 Å². The Morgan fingerprint density at radius 2 is 2.10 bits per heavy atom. The Kier molecular flexibility index (Phi) is 4.41. The minimum absolute atomic E-state index is 0.00370. The Morgan fingerprint density at radius 1 is 1.40 bits per heavy atom. The van der Waals surface area contributed by atoms with Crippen molar-refractivity contribution < 1.29 is 16.8 Å². The summed E-state index contributed by atoms with van der Waals surface area (Å²) in [6, 6.07) is 3.68. The van der Waals surface area contributed by atoms with Gasteiger partial charge in [-0.25, -0.2) is 21.6 Å². The van der Waals surface area contributed by atoms with Gasteiger partial charge in [-0.1, -0.05) is 17.7 Å². The van der Waals surface area contributed by atoms with Crippen LogP contribution in [0.4, 0.5) is 0 Å². The summed E-state index contributed by atoms with van der Waals surface area (Å²) in [6.45, 7) is 0.216. The zero-order valence-electron chi connectivity index (χ0n) is 10.5. The second-order valence-corrected chi connectivity index (χ2v) is 9.03. The van der Waals surface area contributed by atoms with Crippen LogP contribution < -0.4 is 10.5 Å². The first-order valence-electron chi connectivity index (χ1n) is 5.95. The molecule has 1 aromatic carbocycles. The van der Waals surface area contributed by atoms with Crippen LogP contribution in [0.1, 0.15) is 12.0 Å². The SMILES string of the molecule is NCc1ccc(S(=O)(=O)NC2CCS(=O)(=O)C2)cc1Cl. The maximum Gasteiger partial charge on any atom is 0.240 e. The van der Waals surface area contributed by atoms with Gasteiger partial charge in [0.25, 0.3) is 0 Å². The topological polar surface area (TPSA) is 106 Å². The third-order valence-electron chi connectivity index (χ3n) is 3.11. The maximum atomic E-state index is 12.2. The molecular weight excluding hydrogens is 324 g/mol. The molecule has 3 N–H and O–H groups in total. The zero-order chi connectivity index (χ0) is 15.0.